The number of furan rings is 1. The number of para-hydroxylation sites is 1. The van der Waals surface area contributed by atoms with Gasteiger partial charge in [0.15, 0.2) is 10.2 Å². The van der Waals surface area contributed by atoms with Gasteiger partial charge in [0.25, 0.3) is 11.8 Å². The van der Waals surface area contributed by atoms with Crippen LogP contribution >= 0.6 is 35.6 Å². The van der Waals surface area contributed by atoms with Crippen molar-refractivity contribution >= 4 is 70.0 Å². The molecule has 5 rings (SSSR count). The number of anilines is 2. The number of amides is 2. The lowest BCUT2D eigenvalue weighted by molar-refractivity contribution is -0.120. The van der Waals surface area contributed by atoms with Crippen LogP contribution in [0.3, 0.4) is 0 Å². The van der Waals surface area contributed by atoms with Gasteiger partial charge >= 0.3 is 0 Å². The molecule has 37 heavy (non-hydrogen) atoms. The van der Waals surface area contributed by atoms with Crippen molar-refractivity contribution < 1.29 is 14.0 Å². The predicted octanol–water partition coefficient (Wildman–Crippen LogP) is 7.45. The van der Waals surface area contributed by atoms with Crippen LogP contribution in [0.15, 0.2) is 105 Å². The molecule has 0 saturated carbocycles. The lowest BCUT2D eigenvalue weighted by atomic mass is 10.1. The molecule has 4 aromatic rings. The molecule has 0 bridgehead atoms. The van der Waals surface area contributed by atoms with Crippen molar-refractivity contribution in [2.24, 2.45) is 0 Å². The van der Waals surface area contributed by atoms with Gasteiger partial charge in [0.2, 0.25) is 0 Å². The van der Waals surface area contributed by atoms with Crippen LogP contribution in [0.1, 0.15) is 16.9 Å². The number of carbonyl (C=O) groups is 2. The second-order valence-electron chi connectivity index (χ2n) is 8.44. The van der Waals surface area contributed by atoms with Gasteiger partial charge in [-0.15, -0.1) is 0 Å². The fourth-order valence-electron chi connectivity index (χ4n) is 3.85. The van der Waals surface area contributed by atoms with Crippen LogP contribution in [0, 0.1) is 13.8 Å². The molecule has 0 N–H and O–H groups in total. The molecular weight excluding hydrogens is 524 g/mol. The summed E-state index contributed by atoms with van der Waals surface area (Å²) in [6, 6.07) is 25.6. The number of benzene rings is 3. The summed E-state index contributed by atoms with van der Waals surface area (Å²) in [4.78, 5) is 31.1. The molecule has 0 aliphatic carbocycles. The fraction of sp³-hybridized carbons (Fsp3) is 0.0690. The van der Waals surface area contributed by atoms with Gasteiger partial charge < -0.3 is 4.42 Å². The molecule has 2 heterocycles. The summed E-state index contributed by atoms with van der Waals surface area (Å²) in [7, 11) is 0. The van der Waals surface area contributed by atoms with Crippen molar-refractivity contribution in [2.75, 3.05) is 9.80 Å². The topological polar surface area (TPSA) is 53.8 Å². The predicted molar refractivity (Wildman–Crippen MR) is 152 cm³/mol. The Hall–Kier alpha value is -3.65. The summed E-state index contributed by atoms with van der Waals surface area (Å²) >= 11 is 13.1. The lowest BCUT2D eigenvalue weighted by Crippen LogP contribution is -2.57. The number of thiocarbonyl (C=S) groups is 1. The first-order valence-corrected chi connectivity index (χ1v) is 13.0. The van der Waals surface area contributed by atoms with Crippen LogP contribution in [0.25, 0.3) is 6.08 Å². The minimum Gasteiger partial charge on any atom is -0.450 e. The molecule has 0 spiro atoms. The van der Waals surface area contributed by atoms with E-state index in [2.05, 4.69) is 0 Å². The summed E-state index contributed by atoms with van der Waals surface area (Å²) in [5.74, 6) is -0.632. The van der Waals surface area contributed by atoms with Crippen molar-refractivity contribution in [2.45, 2.75) is 23.8 Å². The first kappa shape index (κ1) is 25.0. The highest BCUT2D eigenvalue weighted by Crippen LogP contribution is 2.33. The van der Waals surface area contributed by atoms with E-state index < -0.39 is 11.8 Å². The van der Waals surface area contributed by atoms with Gasteiger partial charge in [-0.1, -0.05) is 47.6 Å². The summed E-state index contributed by atoms with van der Waals surface area (Å²) < 4.78 is 5.94. The first-order chi connectivity index (χ1) is 17.8. The van der Waals surface area contributed by atoms with Gasteiger partial charge in [-0.2, -0.15) is 0 Å². The third-order valence-electron chi connectivity index (χ3n) is 5.93. The van der Waals surface area contributed by atoms with E-state index in [0.717, 1.165) is 16.0 Å². The normalized spacial score (nSPS) is 15.1. The fourth-order valence-corrected chi connectivity index (χ4v) is 5.14. The maximum Gasteiger partial charge on any atom is 0.270 e. The summed E-state index contributed by atoms with van der Waals surface area (Å²) in [5, 5.41) is 1.36. The minimum atomic E-state index is -0.510. The molecule has 1 aromatic heterocycles. The molecule has 5 nitrogen and oxygen atoms in total. The number of halogens is 1. The van der Waals surface area contributed by atoms with Gasteiger partial charge in [0.05, 0.1) is 11.4 Å². The SMILES string of the molecule is Cc1ccc(N2C(=O)/C(=C/c3ccc(Sc4ccc(Cl)cc4)o3)C(=O)N(c3ccccc3)C2=S)cc1C. The van der Waals surface area contributed by atoms with E-state index in [4.69, 9.17) is 28.2 Å². The highest BCUT2D eigenvalue weighted by Gasteiger charge is 2.41. The van der Waals surface area contributed by atoms with Crippen molar-refractivity contribution in [1.29, 1.82) is 0 Å². The molecule has 184 valence electrons. The molecule has 1 saturated heterocycles. The van der Waals surface area contributed by atoms with Crippen LogP contribution in [0.4, 0.5) is 11.4 Å². The average Bonchev–Trinajstić information content (AvgIpc) is 3.33. The Labute approximate surface area is 229 Å². The number of nitrogens with zero attached hydrogens (tertiary/aromatic N) is 2. The molecule has 0 radical (unpaired) electrons. The van der Waals surface area contributed by atoms with E-state index >= 15 is 0 Å². The Morgan fingerprint density at radius 1 is 0.811 bits per heavy atom. The molecule has 1 fully saturated rings. The maximum absolute atomic E-state index is 13.7. The largest absolute Gasteiger partial charge is 0.450 e. The Balaban J connectivity index is 1.54. The van der Waals surface area contributed by atoms with E-state index in [-0.39, 0.29) is 10.7 Å². The van der Waals surface area contributed by atoms with E-state index in [1.807, 2.05) is 62.4 Å². The smallest absolute Gasteiger partial charge is 0.270 e. The van der Waals surface area contributed by atoms with Crippen LogP contribution in [0.5, 0.6) is 0 Å². The van der Waals surface area contributed by atoms with Gasteiger partial charge in [0, 0.05) is 9.92 Å². The Morgan fingerprint density at radius 2 is 1.49 bits per heavy atom. The van der Waals surface area contributed by atoms with Crippen LogP contribution in [-0.4, -0.2) is 16.9 Å². The Kier molecular flexibility index (Phi) is 7.02. The van der Waals surface area contributed by atoms with E-state index in [1.165, 1.54) is 27.6 Å². The van der Waals surface area contributed by atoms with Crippen LogP contribution in [0.2, 0.25) is 5.02 Å². The first-order valence-electron chi connectivity index (χ1n) is 11.4. The highest BCUT2D eigenvalue weighted by molar-refractivity contribution is 7.99. The summed E-state index contributed by atoms with van der Waals surface area (Å²) in [6.45, 7) is 3.97. The number of rotatable bonds is 5. The Morgan fingerprint density at radius 3 is 2.16 bits per heavy atom. The zero-order chi connectivity index (χ0) is 26.1. The second kappa shape index (κ2) is 10.4. The average molecular weight is 545 g/mol. The summed E-state index contributed by atoms with van der Waals surface area (Å²) in [5.41, 5.74) is 3.22. The molecule has 3 aromatic carbocycles. The minimum absolute atomic E-state index is 0.0481. The third-order valence-corrected chi connectivity index (χ3v) is 7.48. The van der Waals surface area contributed by atoms with Crippen molar-refractivity contribution in [3.63, 3.8) is 0 Å². The van der Waals surface area contributed by atoms with Crippen molar-refractivity contribution in [3.8, 4) is 0 Å². The molecule has 0 atom stereocenters. The maximum atomic E-state index is 13.7. The van der Waals surface area contributed by atoms with Gasteiger partial charge in [0.1, 0.15) is 11.3 Å². The van der Waals surface area contributed by atoms with E-state index in [0.29, 0.717) is 27.2 Å². The number of hydrogen-bond acceptors (Lipinski definition) is 5. The summed E-state index contributed by atoms with van der Waals surface area (Å²) in [6.07, 6.45) is 1.47. The van der Waals surface area contributed by atoms with Gasteiger partial charge in [-0.25, -0.2) is 0 Å². The van der Waals surface area contributed by atoms with E-state index in [9.17, 15) is 9.59 Å². The molecule has 0 unspecified atom stereocenters. The van der Waals surface area contributed by atoms with E-state index in [1.54, 1.807) is 36.4 Å². The number of carbonyl (C=O) groups excluding carboxylic acids is 2. The number of aryl methyl sites for hydroxylation is 2. The standard InChI is InChI=1S/C29H21ClN2O3S2/c1-18-8-11-22(16-19(18)2)32-28(34)25(27(33)31(29(32)36)21-6-4-3-5-7-21)17-23-12-15-26(35-23)37-24-13-9-20(30)10-14-24/h3-17H,1-2H3/b25-17+. The zero-order valence-electron chi connectivity index (χ0n) is 20.0. The molecule has 2 amide bonds. The van der Waals surface area contributed by atoms with Crippen molar-refractivity contribution in [1.82, 2.24) is 0 Å². The lowest BCUT2D eigenvalue weighted by Gasteiger charge is -2.36. The quantitative estimate of drug-likeness (QED) is 0.148. The monoisotopic (exact) mass is 544 g/mol. The van der Waals surface area contributed by atoms with Crippen LogP contribution in [-0.2, 0) is 9.59 Å². The molecule has 8 heteroatoms. The molecular formula is C29H21ClN2O3S2. The van der Waals surface area contributed by atoms with Crippen LogP contribution < -0.4 is 9.80 Å². The third kappa shape index (κ3) is 5.11. The Bertz CT molecular complexity index is 1550. The number of hydrogen-bond donors (Lipinski definition) is 0. The molecule has 1 aliphatic rings. The highest BCUT2D eigenvalue weighted by atomic mass is 35.5. The second-order valence-corrected chi connectivity index (χ2v) is 10.3. The van der Waals surface area contributed by atoms with Crippen molar-refractivity contribution in [3.05, 3.63) is 112 Å². The zero-order valence-corrected chi connectivity index (χ0v) is 22.4. The molecule has 1 aliphatic heterocycles. The van der Waals surface area contributed by atoms with Gasteiger partial charge in [-0.3, -0.25) is 19.4 Å². The van der Waals surface area contributed by atoms with Gasteiger partial charge in [-0.05, 0) is 104 Å².